The lowest BCUT2D eigenvalue weighted by atomic mass is 9.91. The van der Waals surface area contributed by atoms with E-state index < -0.39 is 27.9 Å². The third-order valence-corrected chi connectivity index (χ3v) is 3.69. The van der Waals surface area contributed by atoms with Crippen molar-refractivity contribution in [3.05, 3.63) is 0 Å². The van der Waals surface area contributed by atoms with Crippen LogP contribution < -0.4 is 0 Å². The van der Waals surface area contributed by atoms with Gasteiger partial charge in [-0.05, 0) is 0 Å². The summed E-state index contributed by atoms with van der Waals surface area (Å²) in [7, 11) is -3.53. The summed E-state index contributed by atoms with van der Waals surface area (Å²) in [5.41, 5.74) is 0. The van der Waals surface area contributed by atoms with Gasteiger partial charge in [0, 0.05) is 25.7 Å². The van der Waals surface area contributed by atoms with E-state index in [-0.39, 0.29) is 38.9 Å². The van der Waals surface area contributed by atoms with Crippen molar-refractivity contribution in [3.63, 3.8) is 0 Å². The van der Waals surface area contributed by atoms with Gasteiger partial charge in [0.2, 0.25) is 5.92 Å². The number of rotatable bonds is 3. The van der Waals surface area contributed by atoms with E-state index in [9.17, 15) is 17.2 Å². The molecule has 0 aromatic heterocycles. The van der Waals surface area contributed by atoms with Crippen LogP contribution in [0, 0.1) is 0 Å². The van der Waals surface area contributed by atoms with Gasteiger partial charge in [-0.25, -0.2) is 8.78 Å². The molecular formula is C10H16F2O5S. The fourth-order valence-electron chi connectivity index (χ4n) is 2.16. The van der Waals surface area contributed by atoms with Crippen molar-refractivity contribution in [1.29, 1.82) is 0 Å². The van der Waals surface area contributed by atoms with Crippen LogP contribution in [0.5, 0.6) is 0 Å². The number of halogens is 2. The number of alkyl halides is 2. The predicted molar refractivity (Wildman–Crippen MR) is 57.8 cm³/mol. The van der Waals surface area contributed by atoms with Crippen LogP contribution >= 0.6 is 0 Å². The molecule has 5 nitrogen and oxygen atoms in total. The third-order valence-electron chi connectivity index (χ3n) is 3.13. The average Bonchev–Trinajstić information content (AvgIpc) is 2.64. The Morgan fingerprint density at radius 3 is 2.44 bits per heavy atom. The highest BCUT2D eigenvalue weighted by Crippen LogP contribution is 2.43. The lowest BCUT2D eigenvalue weighted by Crippen LogP contribution is -2.40. The Kier molecular flexibility index (Phi) is 3.65. The molecule has 2 fully saturated rings. The van der Waals surface area contributed by atoms with Crippen molar-refractivity contribution >= 4 is 10.1 Å². The Hall–Kier alpha value is -0.310. The number of hydrogen-bond donors (Lipinski definition) is 0. The zero-order valence-corrected chi connectivity index (χ0v) is 10.8. The predicted octanol–water partition coefficient (Wildman–Crippen LogP) is 1.28. The standard InChI is InChI=1S/C10H16F2O5S/c1-18(13,14)16-7-8-6-15-10(17-8)4-2-9(11,12)3-5-10/h8H,2-7H2,1H3. The van der Waals surface area contributed by atoms with Gasteiger partial charge in [-0.2, -0.15) is 8.42 Å². The Balaban J connectivity index is 1.85. The molecule has 1 aliphatic heterocycles. The molecule has 0 aromatic carbocycles. The third kappa shape index (κ3) is 3.59. The molecule has 1 spiro atoms. The second-order valence-corrected chi connectivity index (χ2v) is 6.45. The SMILES string of the molecule is CS(=O)(=O)OCC1COC2(CCC(F)(F)CC2)O1. The van der Waals surface area contributed by atoms with Gasteiger partial charge in [-0.3, -0.25) is 4.18 Å². The van der Waals surface area contributed by atoms with Gasteiger partial charge in [-0.15, -0.1) is 0 Å². The minimum Gasteiger partial charge on any atom is -0.347 e. The van der Waals surface area contributed by atoms with Crippen LogP contribution in [0.15, 0.2) is 0 Å². The lowest BCUT2D eigenvalue weighted by molar-refractivity contribution is -0.219. The number of ether oxygens (including phenoxy) is 2. The summed E-state index contributed by atoms with van der Waals surface area (Å²) in [4.78, 5) is 0. The van der Waals surface area contributed by atoms with Crippen LogP contribution in [0.1, 0.15) is 25.7 Å². The first-order valence-electron chi connectivity index (χ1n) is 5.74. The van der Waals surface area contributed by atoms with Crippen LogP contribution in [-0.2, 0) is 23.8 Å². The monoisotopic (exact) mass is 286 g/mol. The van der Waals surface area contributed by atoms with E-state index >= 15 is 0 Å². The Morgan fingerprint density at radius 1 is 1.28 bits per heavy atom. The van der Waals surface area contributed by atoms with Gasteiger partial charge in [0.25, 0.3) is 10.1 Å². The molecule has 0 N–H and O–H groups in total. The van der Waals surface area contributed by atoms with Crippen LogP contribution in [-0.4, -0.2) is 45.7 Å². The Morgan fingerprint density at radius 2 is 1.89 bits per heavy atom. The minimum atomic E-state index is -3.53. The summed E-state index contributed by atoms with van der Waals surface area (Å²) in [5.74, 6) is -3.63. The van der Waals surface area contributed by atoms with Crippen molar-refractivity contribution < 1.29 is 30.9 Å². The van der Waals surface area contributed by atoms with Gasteiger partial charge >= 0.3 is 0 Å². The molecule has 1 unspecified atom stereocenters. The normalized spacial score (nSPS) is 30.7. The van der Waals surface area contributed by atoms with E-state index in [0.29, 0.717) is 0 Å². The molecule has 2 aliphatic rings. The lowest BCUT2D eigenvalue weighted by Gasteiger charge is -2.35. The highest BCUT2D eigenvalue weighted by molar-refractivity contribution is 7.85. The van der Waals surface area contributed by atoms with E-state index in [1.807, 2.05) is 0 Å². The summed E-state index contributed by atoms with van der Waals surface area (Å²) in [6.45, 7) is 0.0259. The fraction of sp³-hybridized carbons (Fsp3) is 1.00. The summed E-state index contributed by atoms with van der Waals surface area (Å²) < 4.78 is 63.3. The Labute approximate surface area is 105 Å². The molecule has 18 heavy (non-hydrogen) atoms. The molecule has 1 atom stereocenters. The first-order valence-corrected chi connectivity index (χ1v) is 7.55. The maximum absolute atomic E-state index is 13.0. The fourth-order valence-corrected chi connectivity index (χ4v) is 2.56. The topological polar surface area (TPSA) is 61.8 Å². The second kappa shape index (κ2) is 4.66. The summed E-state index contributed by atoms with van der Waals surface area (Å²) in [6, 6.07) is 0. The molecule has 1 saturated carbocycles. The molecule has 0 amide bonds. The van der Waals surface area contributed by atoms with E-state index in [2.05, 4.69) is 4.18 Å². The molecule has 2 rings (SSSR count). The van der Waals surface area contributed by atoms with E-state index in [4.69, 9.17) is 9.47 Å². The zero-order chi connectivity index (χ0) is 13.4. The van der Waals surface area contributed by atoms with Crippen molar-refractivity contribution in [2.24, 2.45) is 0 Å². The van der Waals surface area contributed by atoms with Crippen LogP contribution in [0.3, 0.4) is 0 Å². The van der Waals surface area contributed by atoms with Crippen molar-refractivity contribution in [3.8, 4) is 0 Å². The summed E-state index contributed by atoms with van der Waals surface area (Å²) >= 11 is 0. The minimum absolute atomic E-state index is 0.120. The quantitative estimate of drug-likeness (QED) is 0.731. The molecule has 1 aliphatic carbocycles. The summed E-state index contributed by atoms with van der Waals surface area (Å²) in [5, 5.41) is 0. The van der Waals surface area contributed by atoms with Gasteiger partial charge in [0.15, 0.2) is 5.79 Å². The highest BCUT2D eigenvalue weighted by Gasteiger charge is 2.49. The van der Waals surface area contributed by atoms with E-state index in [1.165, 1.54) is 0 Å². The molecule has 1 heterocycles. The Bertz CT molecular complexity index is 398. The van der Waals surface area contributed by atoms with Crippen molar-refractivity contribution in [2.75, 3.05) is 19.5 Å². The molecular weight excluding hydrogens is 270 g/mol. The first kappa shape index (κ1) is 14.1. The maximum Gasteiger partial charge on any atom is 0.264 e. The largest absolute Gasteiger partial charge is 0.347 e. The van der Waals surface area contributed by atoms with Crippen LogP contribution in [0.2, 0.25) is 0 Å². The highest BCUT2D eigenvalue weighted by atomic mass is 32.2. The van der Waals surface area contributed by atoms with Gasteiger partial charge in [0.1, 0.15) is 6.10 Å². The van der Waals surface area contributed by atoms with Crippen LogP contribution in [0.4, 0.5) is 8.78 Å². The maximum atomic E-state index is 13.0. The molecule has 0 bridgehead atoms. The van der Waals surface area contributed by atoms with E-state index in [0.717, 1.165) is 6.26 Å². The molecule has 106 valence electrons. The van der Waals surface area contributed by atoms with Crippen molar-refractivity contribution in [2.45, 2.75) is 43.5 Å². The number of hydrogen-bond acceptors (Lipinski definition) is 5. The molecule has 1 saturated heterocycles. The molecule has 0 radical (unpaired) electrons. The molecule has 0 aromatic rings. The summed E-state index contributed by atoms with van der Waals surface area (Å²) in [6.07, 6.45) is 0.121. The van der Waals surface area contributed by atoms with E-state index in [1.54, 1.807) is 0 Å². The zero-order valence-electron chi connectivity index (χ0n) is 10.0. The van der Waals surface area contributed by atoms with Gasteiger partial charge in [0.05, 0.1) is 19.5 Å². The van der Waals surface area contributed by atoms with Gasteiger partial charge < -0.3 is 9.47 Å². The average molecular weight is 286 g/mol. The second-order valence-electron chi connectivity index (χ2n) is 4.81. The van der Waals surface area contributed by atoms with Crippen molar-refractivity contribution in [1.82, 2.24) is 0 Å². The van der Waals surface area contributed by atoms with Gasteiger partial charge in [-0.1, -0.05) is 0 Å². The first-order chi connectivity index (χ1) is 8.20. The molecule has 8 heteroatoms. The van der Waals surface area contributed by atoms with Crippen LogP contribution in [0.25, 0.3) is 0 Å². The smallest absolute Gasteiger partial charge is 0.264 e.